The Hall–Kier alpha value is -0.600. The Morgan fingerprint density at radius 1 is 1.30 bits per heavy atom. The minimum Gasteiger partial charge on any atom is -0.392 e. The first-order valence-electron chi connectivity index (χ1n) is 3.58. The molecular weight excluding hydrogens is 126 g/mol. The van der Waals surface area contributed by atoms with E-state index in [0.717, 1.165) is 24.0 Å². The fourth-order valence-electron chi connectivity index (χ4n) is 1.16. The number of aliphatic hydroxyl groups excluding tert-OH is 1. The van der Waals surface area contributed by atoms with Gasteiger partial charge in [-0.15, -0.1) is 0 Å². The van der Waals surface area contributed by atoms with E-state index >= 15 is 0 Å². The van der Waals surface area contributed by atoms with Gasteiger partial charge in [0.15, 0.2) is 0 Å². The van der Waals surface area contributed by atoms with Gasteiger partial charge >= 0.3 is 0 Å². The van der Waals surface area contributed by atoms with E-state index in [9.17, 15) is 0 Å². The van der Waals surface area contributed by atoms with Crippen LogP contribution in [0.15, 0.2) is 23.3 Å². The predicted octanol–water partition coefficient (Wildman–Crippen LogP) is 0.584. The highest BCUT2D eigenvalue weighted by Crippen LogP contribution is 2.16. The summed E-state index contributed by atoms with van der Waals surface area (Å²) in [4.78, 5) is 0. The van der Waals surface area contributed by atoms with E-state index in [0.29, 0.717) is 6.54 Å². The number of nitrogens with two attached hydrogens (primary N) is 1. The Morgan fingerprint density at radius 3 is 2.30 bits per heavy atom. The summed E-state index contributed by atoms with van der Waals surface area (Å²) in [5.74, 6) is 0. The lowest BCUT2D eigenvalue weighted by Gasteiger charge is -2.11. The molecule has 2 heteroatoms. The molecule has 1 aliphatic carbocycles. The standard InChI is InChI=1S/C8H13NO/c9-5-7-3-1-2-4-8(7)6-10/h3-4,10H,1-2,5-6,9H2. The van der Waals surface area contributed by atoms with Gasteiger partial charge in [-0.2, -0.15) is 0 Å². The van der Waals surface area contributed by atoms with Gasteiger partial charge in [0.05, 0.1) is 6.61 Å². The van der Waals surface area contributed by atoms with Gasteiger partial charge in [-0.05, 0) is 24.0 Å². The lowest BCUT2D eigenvalue weighted by molar-refractivity contribution is 0.332. The molecule has 0 saturated heterocycles. The largest absolute Gasteiger partial charge is 0.392 e. The number of hydrogen-bond donors (Lipinski definition) is 2. The van der Waals surface area contributed by atoms with Crippen LogP contribution in [-0.2, 0) is 0 Å². The van der Waals surface area contributed by atoms with Gasteiger partial charge < -0.3 is 10.8 Å². The SMILES string of the molecule is NCC1=CCCC=C1CO. The molecule has 0 atom stereocenters. The third-order valence-electron chi connectivity index (χ3n) is 1.75. The van der Waals surface area contributed by atoms with Crippen LogP contribution >= 0.6 is 0 Å². The molecule has 0 bridgehead atoms. The first-order chi connectivity index (χ1) is 4.88. The van der Waals surface area contributed by atoms with Crippen molar-refractivity contribution >= 4 is 0 Å². The van der Waals surface area contributed by atoms with E-state index in [4.69, 9.17) is 10.8 Å². The van der Waals surface area contributed by atoms with Crippen molar-refractivity contribution in [3.8, 4) is 0 Å². The van der Waals surface area contributed by atoms with E-state index in [2.05, 4.69) is 12.2 Å². The van der Waals surface area contributed by atoms with E-state index in [-0.39, 0.29) is 6.61 Å². The predicted molar refractivity (Wildman–Crippen MR) is 41.5 cm³/mol. The van der Waals surface area contributed by atoms with Crippen molar-refractivity contribution in [3.05, 3.63) is 23.3 Å². The average molecular weight is 139 g/mol. The number of allylic oxidation sites excluding steroid dienone is 2. The fourth-order valence-corrected chi connectivity index (χ4v) is 1.16. The Labute approximate surface area is 61.0 Å². The molecule has 0 radical (unpaired) electrons. The van der Waals surface area contributed by atoms with Gasteiger partial charge in [0.1, 0.15) is 0 Å². The van der Waals surface area contributed by atoms with Crippen molar-refractivity contribution in [3.63, 3.8) is 0 Å². The molecule has 3 N–H and O–H groups in total. The van der Waals surface area contributed by atoms with Crippen LogP contribution in [-0.4, -0.2) is 18.3 Å². The average Bonchev–Trinajstić information content (AvgIpc) is 2.04. The van der Waals surface area contributed by atoms with Crippen LogP contribution in [0.4, 0.5) is 0 Å². The molecule has 1 aliphatic rings. The first kappa shape index (κ1) is 7.51. The lowest BCUT2D eigenvalue weighted by Crippen LogP contribution is -2.09. The second-order valence-electron chi connectivity index (χ2n) is 2.40. The van der Waals surface area contributed by atoms with Gasteiger partial charge in [0.25, 0.3) is 0 Å². The highest BCUT2D eigenvalue weighted by atomic mass is 16.3. The summed E-state index contributed by atoms with van der Waals surface area (Å²) in [6, 6.07) is 0. The van der Waals surface area contributed by atoms with Gasteiger partial charge in [0.2, 0.25) is 0 Å². The number of hydrogen-bond acceptors (Lipinski definition) is 2. The van der Waals surface area contributed by atoms with Crippen molar-refractivity contribution in [2.75, 3.05) is 13.2 Å². The molecular formula is C8H13NO. The van der Waals surface area contributed by atoms with Gasteiger partial charge in [-0.3, -0.25) is 0 Å². The zero-order valence-corrected chi connectivity index (χ0v) is 6.01. The summed E-state index contributed by atoms with van der Waals surface area (Å²) >= 11 is 0. The smallest absolute Gasteiger partial charge is 0.0681 e. The molecule has 0 aromatic carbocycles. The quantitative estimate of drug-likeness (QED) is 0.588. The second kappa shape index (κ2) is 3.54. The highest BCUT2D eigenvalue weighted by Gasteiger charge is 2.04. The summed E-state index contributed by atoms with van der Waals surface area (Å²) in [6.07, 6.45) is 6.27. The maximum absolute atomic E-state index is 8.83. The molecule has 0 amide bonds. The molecule has 0 unspecified atom stereocenters. The van der Waals surface area contributed by atoms with E-state index < -0.39 is 0 Å². The summed E-state index contributed by atoms with van der Waals surface area (Å²) < 4.78 is 0. The zero-order valence-electron chi connectivity index (χ0n) is 6.01. The molecule has 0 aliphatic heterocycles. The first-order valence-corrected chi connectivity index (χ1v) is 3.58. The Balaban J connectivity index is 2.67. The van der Waals surface area contributed by atoms with Crippen molar-refractivity contribution in [2.24, 2.45) is 5.73 Å². The van der Waals surface area contributed by atoms with Crippen molar-refractivity contribution in [1.82, 2.24) is 0 Å². The summed E-state index contributed by atoms with van der Waals surface area (Å²) in [5.41, 5.74) is 7.56. The van der Waals surface area contributed by atoms with Crippen LogP contribution in [0.5, 0.6) is 0 Å². The van der Waals surface area contributed by atoms with Crippen molar-refractivity contribution in [2.45, 2.75) is 12.8 Å². The third kappa shape index (κ3) is 1.46. The van der Waals surface area contributed by atoms with Gasteiger partial charge in [-0.25, -0.2) is 0 Å². The van der Waals surface area contributed by atoms with E-state index in [1.807, 2.05) is 0 Å². The maximum atomic E-state index is 8.83. The molecule has 0 aromatic heterocycles. The van der Waals surface area contributed by atoms with Gasteiger partial charge in [0, 0.05) is 6.54 Å². The van der Waals surface area contributed by atoms with Crippen LogP contribution in [0, 0.1) is 0 Å². The lowest BCUT2D eigenvalue weighted by atomic mass is 9.99. The van der Waals surface area contributed by atoms with E-state index in [1.54, 1.807) is 0 Å². The minimum absolute atomic E-state index is 0.128. The summed E-state index contributed by atoms with van der Waals surface area (Å²) in [5, 5.41) is 8.83. The molecule has 56 valence electrons. The van der Waals surface area contributed by atoms with Crippen LogP contribution in [0.1, 0.15) is 12.8 Å². The van der Waals surface area contributed by atoms with E-state index in [1.165, 1.54) is 0 Å². The number of rotatable bonds is 2. The molecule has 0 aromatic rings. The summed E-state index contributed by atoms with van der Waals surface area (Å²) in [7, 11) is 0. The molecule has 0 heterocycles. The van der Waals surface area contributed by atoms with Crippen LogP contribution < -0.4 is 5.73 Å². The molecule has 10 heavy (non-hydrogen) atoms. The Bertz CT molecular complexity index is 150. The van der Waals surface area contributed by atoms with Gasteiger partial charge in [-0.1, -0.05) is 12.2 Å². The fraction of sp³-hybridized carbons (Fsp3) is 0.500. The normalized spacial score (nSPS) is 18.2. The molecule has 0 fully saturated rings. The molecule has 2 nitrogen and oxygen atoms in total. The molecule has 0 saturated carbocycles. The maximum Gasteiger partial charge on any atom is 0.0681 e. The van der Waals surface area contributed by atoms with Crippen LogP contribution in [0.3, 0.4) is 0 Å². The third-order valence-corrected chi connectivity index (χ3v) is 1.75. The Kier molecular flexibility index (Phi) is 2.66. The van der Waals surface area contributed by atoms with Crippen molar-refractivity contribution < 1.29 is 5.11 Å². The topological polar surface area (TPSA) is 46.2 Å². The number of aliphatic hydroxyl groups is 1. The van der Waals surface area contributed by atoms with Crippen LogP contribution in [0.2, 0.25) is 0 Å². The monoisotopic (exact) mass is 139 g/mol. The van der Waals surface area contributed by atoms with Crippen LogP contribution in [0.25, 0.3) is 0 Å². The highest BCUT2D eigenvalue weighted by molar-refractivity contribution is 5.34. The van der Waals surface area contributed by atoms with Crippen molar-refractivity contribution in [1.29, 1.82) is 0 Å². The molecule has 1 rings (SSSR count). The second-order valence-corrected chi connectivity index (χ2v) is 2.40. The Morgan fingerprint density at radius 2 is 1.90 bits per heavy atom. The molecule has 0 spiro atoms. The summed E-state index contributed by atoms with van der Waals surface area (Å²) in [6.45, 7) is 0.676. The zero-order chi connectivity index (χ0) is 7.40. The minimum atomic E-state index is 0.128.